The minimum atomic E-state index is -0.162. The Kier molecular flexibility index (Phi) is 11.6. The molecule has 0 aliphatic carbocycles. The summed E-state index contributed by atoms with van der Waals surface area (Å²) in [5.41, 5.74) is 4.45. The summed E-state index contributed by atoms with van der Waals surface area (Å²) < 4.78 is 14.2. The van der Waals surface area contributed by atoms with Gasteiger partial charge >= 0.3 is 0 Å². The predicted molar refractivity (Wildman–Crippen MR) is 222 cm³/mol. The van der Waals surface area contributed by atoms with Crippen molar-refractivity contribution in [2.45, 2.75) is 0 Å². The first-order valence-electron chi connectivity index (χ1n) is 18.4. The number of carbonyl (C=O) groups excluding carboxylic acids is 2. The minimum absolute atomic E-state index is 0.00810. The third kappa shape index (κ3) is 8.76. The number of rotatable bonds is 5. The Morgan fingerprint density at radius 3 is 1.71 bits per heavy atom. The van der Waals surface area contributed by atoms with E-state index in [9.17, 15) is 19.8 Å². The number of phenols is 2. The van der Waals surface area contributed by atoms with Gasteiger partial charge in [0.1, 0.15) is 29.3 Å². The summed E-state index contributed by atoms with van der Waals surface area (Å²) in [4.78, 5) is 42.8. The smallest absolute Gasteiger partial charge is 0.254 e. The van der Waals surface area contributed by atoms with Gasteiger partial charge in [0.15, 0.2) is 28.8 Å². The third-order valence-electron chi connectivity index (χ3n) is 9.04. The maximum atomic E-state index is 12.5. The number of halogens is 1. The molecule has 0 atom stereocenters. The van der Waals surface area contributed by atoms with Crippen molar-refractivity contribution in [2.75, 3.05) is 44.4 Å². The Morgan fingerprint density at radius 2 is 1.19 bits per heavy atom. The van der Waals surface area contributed by atoms with E-state index in [1.165, 1.54) is 0 Å². The van der Waals surface area contributed by atoms with Gasteiger partial charge in [-0.05, 0) is 64.5 Å². The van der Waals surface area contributed by atoms with Gasteiger partial charge in [0, 0.05) is 17.7 Å². The molecule has 2 aliphatic heterocycles. The Balaban J connectivity index is 0.000000144. The number of aromatic hydroxyl groups is 2. The molecule has 6 heterocycles. The van der Waals surface area contributed by atoms with Crippen LogP contribution in [0.3, 0.4) is 0 Å². The molecule has 0 unspecified atom stereocenters. The molecule has 4 aromatic heterocycles. The molecule has 17 heteroatoms. The molecule has 0 saturated carbocycles. The molecule has 0 bridgehead atoms. The van der Waals surface area contributed by atoms with E-state index in [2.05, 4.69) is 46.4 Å². The van der Waals surface area contributed by atoms with Crippen LogP contribution in [0.5, 0.6) is 11.5 Å². The van der Waals surface area contributed by atoms with E-state index < -0.39 is 0 Å². The molecule has 8 aromatic rings. The Hall–Kier alpha value is -7.08. The maximum Gasteiger partial charge on any atom is 0.254 e. The highest BCUT2D eigenvalue weighted by Crippen LogP contribution is 2.31. The number of para-hydroxylation sites is 2. The van der Waals surface area contributed by atoms with E-state index in [1.54, 1.807) is 63.1 Å². The second-order valence-corrected chi connectivity index (χ2v) is 13.8. The lowest BCUT2D eigenvalue weighted by Gasteiger charge is -2.26. The number of benzene rings is 4. The second-order valence-electron chi connectivity index (χ2n) is 13.1. The maximum absolute atomic E-state index is 12.5. The number of hydrogen-bond donors (Lipinski definition) is 3. The van der Waals surface area contributed by atoms with Gasteiger partial charge < -0.3 is 25.0 Å². The molecule has 10 rings (SSSR count). The van der Waals surface area contributed by atoms with Crippen LogP contribution in [0.4, 0.5) is 5.82 Å². The topological polar surface area (TPSA) is 196 Å². The quantitative estimate of drug-likeness (QED) is 0.181. The lowest BCUT2D eigenvalue weighted by molar-refractivity contribution is -0.129. The number of fused-ring (bicyclic) bond motifs is 2. The van der Waals surface area contributed by atoms with Crippen LogP contribution in [-0.2, 0) is 19.1 Å². The van der Waals surface area contributed by atoms with Crippen molar-refractivity contribution in [1.29, 1.82) is 0 Å². The molecule has 4 aromatic carbocycles. The summed E-state index contributed by atoms with van der Waals surface area (Å²) in [6.45, 7) is 2.41. The zero-order valence-corrected chi connectivity index (χ0v) is 32.8. The van der Waals surface area contributed by atoms with Crippen LogP contribution in [0.15, 0.2) is 126 Å². The number of nitrogens with zero attached hydrogens (tertiary/aromatic N) is 9. The summed E-state index contributed by atoms with van der Waals surface area (Å²) in [6.07, 6.45) is 3.41. The average Bonchev–Trinajstić information content (AvgIpc) is 3.91. The fraction of sp³-hybridized carbons (Fsp3) is 0.143. The fourth-order valence-corrected chi connectivity index (χ4v) is 6.71. The number of morpholine rings is 2. The Labute approximate surface area is 344 Å². The van der Waals surface area contributed by atoms with Gasteiger partial charge in [-0.3, -0.25) is 14.5 Å². The highest BCUT2D eigenvalue weighted by Gasteiger charge is 2.26. The number of ether oxygens (including phenoxy) is 2. The van der Waals surface area contributed by atoms with Crippen LogP contribution >= 0.6 is 15.9 Å². The molecule has 2 aliphatic rings. The molecule has 2 fully saturated rings. The van der Waals surface area contributed by atoms with Gasteiger partial charge in [0.2, 0.25) is 5.91 Å². The number of hydrogen-bond acceptors (Lipinski definition) is 12. The number of nitrogens with one attached hydrogen (secondary N) is 1. The molecular formula is C42H35BrN10O6. The standard InChI is InChI=1S/C21H17N5O3.C17H11BrN4O.C4H7NO2/c27-16-8-4-5-14(11-16)19-23-20(25-9-10-29-13-18(25)28)17-12-22-26(21(17)24-19)15-6-2-1-3-7-15;18-15-14-10-19-22(12-6-2-1-3-7-12)17(14)21-16(20-15)11-5-4-8-13(23)9-11;6-4-3-7-2-1-5-4/h1-8,11-12,27H,9-10,13H2;1-10,23H;1-3H2,(H,5,6). The summed E-state index contributed by atoms with van der Waals surface area (Å²) in [5, 5.41) is 32.6. The zero-order valence-electron chi connectivity index (χ0n) is 31.2. The molecule has 0 radical (unpaired) electrons. The zero-order chi connectivity index (χ0) is 40.7. The van der Waals surface area contributed by atoms with E-state index in [1.807, 2.05) is 72.8 Å². The fourth-order valence-electron chi connectivity index (χ4n) is 6.26. The minimum Gasteiger partial charge on any atom is -0.508 e. The Bertz CT molecular complexity index is 2760. The molecule has 3 N–H and O–H groups in total. The van der Waals surface area contributed by atoms with E-state index in [0.29, 0.717) is 70.6 Å². The van der Waals surface area contributed by atoms with Crippen LogP contribution in [0.25, 0.3) is 56.2 Å². The molecule has 2 saturated heterocycles. The van der Waals surface area contributed by atoms with Crippen molar-refractivity contribution < 1.29 is 29.3 Å². The van der Waals surface area contributed by atoms with Crippen molar-refractivity contribution in [3.05, 3.63) is 126 Å². The second kappa shape index (κ2) is 17.6. The summed E-state index contributed by atoms with van der Waals surface area (Å²) in [5.74, 6) is 1.55. The van der Waals surface area contributed by atoms with Crippen molar-refractivity contribution in [3.8, 4) is 45.6 Å². The van der Waals surface area contributed by atoms with Gasteiger partial charge in [-0.1, -0.05) is 60.7 Å². The van der Waals surface area contributed by atoms with Crippen LogP contribution in [0.1, 0.15) is 0 Å². The monoisotopic (exact) mass is 854 g/mol. The molecule has 0 spiro atoms. The Morgan fingerprint density at radius 1 is 0.627 bits per heavy atom. The van der Waals surface area contributed by atoms with Gasteiger partial charge in [0.05, 0.1) is 54.3 Å². The number of amides is 2. The average molecular weight is 856 g/mol. The first-order valence-corrected chi connectivity index (χ1v) is 19.2. The van der Waals surface area contributed by atoms with E-state index in [-0.39, 0.29) is 36.5 Å². The molecule has 59 heavy (non-hydrogen) atoms. The molecular weight excluding hydrogens is 820 g/mol. The summed E-state index contributed by atoms with van der Waals surface area (Å²) in [6, 6.07) is 33.0. The molecule has 16 nitrogen and oxygen atoms in total. The van der Waals surface area contributed by atoms with Crippen molar-refractivity contribution in [2.24, 2.45) is 0 Å². The number of anilines is 1. The SMILES string of the molecule is O=C1COCCN1.O=C1COCCN1c1nc(-c2cccc(O)c2)nc2c1cnn2-c1ccccc1.Oc1cccc(-c2nc(Br)c3cnn(-c4ccccc4)c3n2)c1. The summed E-state index contributed by atoms with van der Waals surface area (Å²) >= 11 is 3.48. The van der Waals surface area contributed by atoms with Crippen LogP contribution in [0, 0.1) is 0 Å². The highest BCUT2D eigenvalue weighted by atomic mass is 79.9. The largest absolute Gasteiger partial charge is 0.508 e. The van der Waals surface area contributed by atoms with Crippen LogP contribution < -0.4 is 10.2 Å². The lowest BCUT2D eigenvalue weighted by atomic mass is 10.2. The van der Waals surface area contributed by atoms with Crippen molar-refractivity contribution >= 4 is 55.6 Å². The number of aromatic nitrogens is 8. The normalized spacial score (nSPS) is 13.9. The highest BCUT2D eigenvalue weighted by molar-refractivity contribution is 9.10. The van der Waals surface area contributed by atoms with Gasteiger partial charge in [-0.15, -0.1) is 0 Å². The van der Waals surface area contributed by atoms with E-state index in [0.717, 1.165) is 22.3 Å². The third-order valence-corrected chi connectivity index (χ3v) is 9.65. The van der Waals surface area contributed by atoms with Crippen molar-refractivity contribution in [1.82, 2.24) is 44.8 Å². The van der Waals surface area contributed by atoms with Gasteiger partial charge in [0.25, 0.3) is 5.91 Å². The number of carbonyl (C=O) groups is 2. The lowest BCUT2D eigenvalue weighted by Crippen LogP contribution is -2.42. The van der Waals surface area contributed by atoms with E-state index in [4.69, 9.17) is 14.5 Å². The molecule has 2 amide bonds. The van der Waals surface area contributed by atoms with E-state index >= 15 is 0 Å². The van der Waals surface area contributed by atoms with Crippen LogP contribution in [0.2, 0.25) is 0 Å². The first kappa shape index (κ1) is 38.8. The van der Waals surface area contributed by atoms with Crippen molar-refractivity contribution in [3.63, 3.8) is 0 Å². The van der Waals surface area contributed by atoms with Crippen LogP contribution in [-0.4, -0.2) is 101 Å². The number of phenolic OH excluding ortho intramolecular Hbond substituents is 2. The first-order chi connectivity index (χ1) is 28.8. The predicted octanol–water partition coefficient (Wildman–Crippen LogP) is 5.63. The molecule has 296 valence electrons. The van der Waals surface area contributed by atoms with Gasteiger partial charge in [-0.25, -0.2) is 29.3 Å². The van der Waals surface area contributed by atoms with Gasteiger partial charge in [-0.2, -0.15) is 10.2 Å². The summed E-state index contributed by atoms with van der Waals surface area (Å²) in [7, 11) is 0.